The summed E-state index contributed by atoms with van der Waals surface area (Å²) in [4.78, 5) is 11.3. The Morgan fingerprint density at radius 1 is 1.03 bits per heavy atom. The van der Waals surface area contributed by atoms with Gasteiger partial charge in [-0.15, -0.1) is 4.40 Å². The molecule has 0 radical (unpaired) electrons. The van der Waals surface area contributed by atoms with E-state index >= 15 is 0 Å². The highest BCUT2D eigenvalue weighted by Crippen LogP contribution is 2.34. The van der Waals surface area contributed by atoms with Crippen LogP contribution in [0.15, 0.2) is 34.7 Å². The van der Waals surface area contributed by atoms with Crippen molar-refractivity contribution in [2.75, 3.05) is 27.3 Å². The van der Waals surface area contributed by atoms with E-state index in [9.17, 15) is 9.00 Å². The van der Waals surface area contributed by atoms with Crippen molar-refractivity contribution in [1.82, 2.24) is 5.32 Å². The van der Waals surface area contributed by atoms with E-state index < -0.39 is 11.3 Å². The van der Waals surface area contributed by atoms with Crippen LogP contribution in [0.4, 0.5) is 0 Å². The van der Waals surface area contributed by atoms with Crippen LogP contribution in [0, 0.1) is 20.8 Å². The van der Waals surface area contributed by atoms with Gasteiger partial charge < -0.3 is 30.4 Å². The zero-order valence-electron chi connectivity index (χ0n) is 22.2. The number of aryl methyl sites for hydroxylation is 1. The molecule has 0 spiro atoms. The number of amidine groups is 1. The number of nitrogens with zero attached hydrogens (tertiary/aromatic N) is 1. The van der Waals surface area contributed by atoms with Crippen LogP contribution in [-0.2, 0) is 16.1 Å². The van der Waals surface area contributed by atoms with E-state index in [0.29, 0.717) is 43.1 Å². The average Bonchev–Trinajstić information content (AvgIpc) is 2.88. The minimum Gasteiger partial charge on any atom is -0.494 e. The van der Waals surface area contributed by atoms with Gasteiger partial charge in [0.05, 0.1) is 13.2 Å². The van der Waals surface area contributed by atoms with Crippen molar-refractivity contribution in [2.24, 2.45) is 15.9 Å². The lowest BCUT2D eigenvalue weighted by molar-refractivity contribution is -0.120. The van der Waals surface area contributed by atoms with Crippen molar-refractivity contribution in [3.63, 3.8) is 0 Å². The maximum Gasteiger partial charge on any atom is 0.340 e. The molecule has 36 heavy (non-hydrogen) atoms. The summed E-state index contributed by atoms with van der Waals surface area (Å²) in [5, 5.41) is 2.59. The normalized spacial score (nSPS) is 11.7. The first kappa shape index (κ1) is 30.9. The van der Waals surface area contributed by atoms with E-state index in [2.05, 4.69) is 22.4 Å². The molecule has 0 saturated heterocycles. The third-order valence-electron chi connectivity index (χ3n) is 5.31. The SMILES string of the molecule is CCCCOc1ccc(C(N)=NS(=O)Oc2c(C)cc(OCCCC(=O)NC)c(C)c2C)cc1.CN. The number of benzene rings is 2. The van der Waals surface area contributed by atoms with Gasteiger partial charge in [-0.2, -0.15) is 4.21 Å². The minimum absolute atomic E-state index is 0.0185. The Morgan fingerprint density at radius 2 is 1.67 bits per heavy atom. The molecule has 0 aliphatic heterocycles. The van der Waals surface area contributed by atoms with E-state index in [1.165, 1.54) is 7.05 Å². The van der Waals surface area contributed by atoms with Crippen LogP contribution in [0.1, 0.15) is 54.9 Å². The number of nitrogens with two attached hydrogens (primary N) is 2. The molecule has 2 aromatic carbocycles. The summed E-state index contributed by atoms with van der Waals surface area (Å²) in [7, 11) is 3.11. The second kappa shape index (κ2) is 16.5. The Labute approximate surface area is 217 Å². The van der Waals surface area contributed by atoms with E-state index in [1.807, 2.05) is 39.0 Å². The number of nitrogens with one attached hydrogen (secondary N) is 1. The molecule has 200 valence electrons. The zero-order chi connectivity index (χ0) is 27.1. The lowest BCUT2D eigenvalue weighted by Crippen LogP contribution is -2.18. The number of rotatable bonds is 13. The van der Waals surface area contributed by atoms with Crippen LogP contribution in [0.25, 0.3) is 0 Å². The van der Waals surface area contributed by atoms with E-state index in [0.717, 1.165) is 35.3 Å². The van der Waals surface area contributed by atoms with Crippen LogP contribution >= 0.6 is 0 Å². The molecule has 0 saturated carbocycles. The number of unbranched alkanes of at least 4 members (excludes halogenated alkanes) is 1. The summed E-state index contributed by atoms with van der Waals surface area (Å²) in [6, 6.07) is 8.99. The van der Waals surface area contributed by atoms with Gasteiger partial charge in [-0.25, -0.2) is 0 Å². The summed E-state index contributed by atoms with van der Waals surface area (Å²) >= 11 is -2.02. The Balaban J connectivity index is 0.00000316. The predicted molar refractivity (Wildman–Crippen MR) is 146 cm³/mol. The molecule has 1 unspecified atom stereocenters. The van der Waals surface area contributed by atoms with Crippen LogP contribution in [0.3, 0.4) is 0 Å². The summed E-state index contributed by atoms with van der Waals surface area (Å²) in [5.74, 6) is 2.02. The first-order valence-corrected chi connectivity index (χ1v) is 13.0. The predicted octanol–water partition coefficient (Wildman–Crippen LogP) is 3.63. The molecule has 0 aliphatic carbocycles. The molecule has 1 atom stereocenters. The molecule has 0 fully saturated rings. The van der Waals surface area contributed by atoms with Crippen LogP contribution in [0.2, 0.25) is 0 Å². The minimum atomic E-state index is -2.02. The number of hydrogen-bond donors (Lipinski definition) is 3. The van der Waals surface area contributed by atoms with Crippen molar-refractivity contribution in [3.05, 3.63) is 52.6 Å². The molecule has 0 bridgehead atoms. The Morgan fingerprint density at radius 3 is 2.28 bits per heavy atom. The fraction of sp³-hybridized carbons (Fsp3) is 0.462. The second-order valence-electron chi connectivity index (χ2n) is 7.90. The van der Waals surface area contributed by atoms with Gasteiger partial charge in [0.25, 0.3) is 0 Å². The van der Waals surface area contributed by atoms with Gasteiger partial charge >= 0.3 is 11.3 Å². The molecule has 0 aromatic heterocycles. The van der Waals surface area contributed by atoms with Gasteiger partial charge in [-0.1, -0.05) is 13.3 Å². The van der Waals surface area contributed by atoms with Crippen LogP contribution in [-0.4, -0.2) is 43.3 Å². The number of amides is 1. The largest absolute Gasteiger partial charge is 0.494 e. The smallest absolute Gasteiger partial charge is 0.340 e. The van der Waals surface area contributed by atoms with Gasteiger partial charge in [-0.05, 0) is 87.7 Å². The lowest BCUT2D eigenvalue weighted by atomic mass is 10.0. The maximum absolute atomic E-state index is 12.6. The number of hydrogen-bond acceptors (Lipinski definition) is 6. The fourth-order valence-corrected chi connectivity index (χ4v) is 3.82. The number of carbonyl (C=O) groups excluding carboxylic acids is 1. The van der Waals surface area contributed by atoms with Gasteiger partial charge in [0.1, 0.15) is 23.1 Å². The van der Waals surface area contributed by atoms with Gasteiger partial charge in [-0.3, -0.25) is 4.79 Å². The summed E-state index contributed by atoms with van der Waals surface area (Å²) in [6.45, 7) is 8.81. The second-order valence-corrected chi connectivity index (χ2v) is 8.68. The summed E-state index contributed by atoms with van der Waals surface area (Å²) in [5.41, 5.74) is 13.6. The first-order valence-electron chi connectivity index (χ1n) is 12.0. The molecule has 2 rings (SSSR count). The molecule has 0 heterocycles. The molecule has 9 nitrogen and oxygen atoms in total. The van der Waals surface area contributed by atoms with Crippen LogP contribution in [0.5, 0.6) is 17.2 Å². The highest BCUT2D eigenvalue weighted by molar-refractivity contribution is 7.79. The number of ether oxygens (including phenoxy) is 2. The van der Waals surface area contributed by atoms with Crippen molar-refractivity contribution in [2.45, 2.75) is 53.4 Å². The molecule has 2 aromatic rings. The molecular weight excluding hydrogens is 480 g/mol. The topological polar surface area (TPSA) is 138 Å². The highest BCUT2D eigenvalue weighted by atomic mass is 32.2. The van der Waals surface area contributed by atoms with E-state index in [-0.39, 0.29) is 11.7 Å². The molecular formula is C26H40N4O5S. The Kier molecular flexibility index (Phi) is 14.2. The van der Waals surface area contributed by atoms with E-state index in [1.54, 1.807) is 19.2 Å². The average molecular weight is 521 g/mol. The molecule has 0 aliphatic rings. The summed E-state index contributed by atoms with van der Waals surface area (Å²) in [6.07, 6.45) is 3.07. The quantitative estimate of drug-likeness (QED) is 0.208. The molecule has 10 heteroatoms. The van der Waals surface area contributed by atoms with Gasteiger partial charge in [0.2, 0.25) is 5.91 Å². The van der Waals surface area contributed by atoms with Gasteiger partial charge in [0.15, 0.2) is 0 Å². The third kappa shape index (κ3) is 9.87. The van der Waals surface area contributed by atoms with Crippen molar-refractivity contribution in [1.29, 1.82) is 0 Å². The van der Waals surface area contributed by atoms with Crippen molar-refractivity contribution >= 4 is 23.0 Å². The maximum atomic E-state index is 12.6. The Hall–Kier alpha value is -3.11. The van der Waals surface area contributed by atoms with E-state index in [4.69, 9.17) is 19.4 Å². The lowest BCUT2D eigenvalue weighted by Gasteiger charge is -2.16. The standard InChI is InChI=1S/C25H35N3O5S.CH5N/c1-6-7-14-31-21-12-10-20(11-13-21)25(26)28-34(30)33-24-17(2)16-22(18(3)19(24)4)32-15-8-9-23(29)27-5;1-2/h10-13,16H,6-9,14-15H2,1-5H3,(H2,26,28)(H,27,29);2H2,1H3. The Bertz CT molecular complexity index is 1030. The zero-order valence-corrected chi connectivity index (χ0v) is 23.0. The van der Waals surface area contributed by atoms with Crippen LogP contribution < -0.4 is 30.4 Å². The monoisotopic (exact) mass is 520 g/mol. The number of carbonyl (C=O) groups is 1. The molecule has 1 amide bonds. The first-order chi connectivity index (χ1) is 17.3. The van der Waals surface area contributed by atoms with Gasteiger partial charge in [0, 0.05) is 19.0 Å². The highest BCUT2D eigenvalue weighted by Gasteiger charge is 2.16. The van der Waals surface area contributed by atoms with Crippen molar-refractivity contribution < 1.29 is 22.7 Å². The van der Waals surface area contributed by atoms with Crippen molar-refractivity contribution in [3.8, 4) is 17.2 Å². The third-order valence-corrected chi connectivity index (χ3v) is 5.96. The molecule has 5 N–H and O–H groups in total. The summed E-state index contributed by atoms with van der Waals surface area (Å²) < 4.78 is 33.7. The fourth-order valence-electron chi connectivity index (χ4n) is 3.12.